The Hall–Kier alpha value is -2.15. The number of halogens is 2. The molecule has 0 N–H and O–H groups in total. The highest BCUT2D eigenvalue weighted by atomic mass is 79.9. The van der Waals surface area contributed by atoms with E-state index in [1.807, 2.05) is 31.2 Å². The number of amides is 1. The number of benzene rings is 2. The van der Waals surface area contributed by atoms with Crippen LogP contribution in [-0.2, 0) is 4.74 Å². The van der Waals surface area contributed by atoms with Crippen LogP contribution in [0.25, 0.3) is 11.0 Å². The predicted octanol–water partition coefficient (Wildman–Crippen LogP) is 4.71. The van der Waals surface area contributed by atoms with Gasteiger partial charge in [-0.25, -0.2) is 0 Å². The van der Waals surface area contributed by atoms with E-state index in [0.29, 0.717) is 34.7 Å². The highest BCUT2D eigenvalue weighted by molar-refractivity contribution is 9.10. The van der Waals surface area contributed by atoms with E-state index in [1.165, 1.54) is 0 Å². The van der Waals surface area contributed by atoms with Gasteiger partial charge in [-0.05, 0) is 42.3 Å². The minimum Gasteiger partial charge on any atom is -0.450 e. The lowest BCUT2D eigenvalue weighted by Crippen LogP contribution is -2.32. The molecule has 28 heavy (non-hydrogen) atoms. The molecule has 7 heteroatoms. The maximum Gasteiger partial charge on any atom is 0.290 e. The van der Waals surface area contributed by atoms with Crippen LogP contribution in [0.4, 0.5) is 0 Å². The van der Waals surface area contributed by atoms with Crippen LogP contribution in [0.3, 0.4) is 0 Å². The first-order chi connectivity index (χ1) is 13.4. The van der Waals surface area contributed by atoms with Gasteiger partial charge in [0.15, 0.2) is 5.43 Å². The molecule has 5 nitrogen and oxygen atoms in total. The SMILES string of the molecule is COCCN1C(=O)c2oc3cc(C)c(Cl)cc3c(=O)c2C1c1cccc(Br)c1. The standard InChI is InChI=1S/C21H17BrClNO4/c1-11-8-16-14(10-15(11)23)19(25)17-18(12-4-3-5-13(22)9-12)24(6-7-27-2)21(26)20(17)28-16/h3-5,8-10,18H,6-7H2,1-2H3. The second-order valence-corrected chi connectivity index (χ2v) is 8.04. The van der Waals surface area contributed by atoms with Crippen molar-refractivity contribution in [1.82, 2.24) is 4.90 Å². The fourth-order valence-corrected chi connectivity index (χ4v) is 4.16. The van der Waals surface area contributed by atoms with Crippen molar-refractivity contribution in [3.05, 3.63) is 78.6 Å². The number of hydrogen-bond donors (Lipinski definition) is 0. The Kier molecular flexibility index (Phi) is 5.04. The van der Waals surface area contributed by atoms with Crippen molar-refractivity contribution in [3.63, 3.8) is 0 Å². The number of nitrogens with zero attached hydrogens (tertiary/aromatic N) is 1. The van der Waals surface area contributed by atoms with E-state index in [1.54, 1.807) is 24.1 Å². The normalized spacial score (nSPS) is 16.1. The Bertz CT molecular complexity index is 1160. The zero-order valence-electron chi connectivity index (χ0n) is 15.3. The molecule has 144 valence electrons. The minimum atomic E-state index is -0.545. The molecule has 0 aliphatic carbocycles. The Labute approximate surface area is 175 Å². The van der Waals surface area contributed by atoms with E-state index < -0.39 is 6.04 Å². The zero-order valence-corrected chi connectivity index (χ0v) is 17.6. The van der Waals surface area contributed by atoms with E-state index in [9.17, 15) is 9.59 Å². The van der Waals surface area contributed by atoms with Crippen LogP contribution < -0.4 is 5.43 Å². The zero-order chi connectivity index (χ0) is 20.0. The van der Waals surface area contributed by atoms with Crippen molar-refractivity contribution < 1.29 is 13.9 Å². The van der Waals surface area contributed by atoms with Gasteiger partial charge in [0, 0.05) is 23.1 Å². The summed E-state index contributed by atoms with van der Waals surface area (Å²) in [4.78, 5) is 28.1. The maximum atomic E-state index is 13.4. The van der Waals surface area contributed by atoms with Crippen LogP contribution in [-0.4, -0.2) is 31.1 Å². The lowest BCUT2D eigenvalue weighted by atomic mass is 9.98. The third kappa shape index (κ3) is 3.05. The van der Waals surface area contributed by atoms with E-state index in [-0.39, 0.29) is 17.1 Å². The second-order valence-electron chi connectivity index (χ2n) is 6.72. The average molecular weight is 463 g/mol. The number of fused-ring (bicyclic) bond motifs is 2. The van der Waals surface area contributed by atoms with Crippen molar-refractivity contribution >= 4 is 44.4 Å². The molecule has 0 bridgehead atoms. The Morgan fingerprint density at radius 3 is 2.75 bits per heavy atom. The van der Waals surface area contributed by atoms with Gasteiger partial charge in [0.1, 0.15) is 5.58 Å². The fourth-order valence-electron chi connectivity index (χ4n) is 3.58. The van der Waals surface area contributed by atoms with Gasteiger partial charge < -0.3 is 14.1 Å². The molecule has 2 aromatic carbocycles. The molecular weight excluding hydrogens is 446 g/mol. The first-order valence-electron chi connectivity index (χ1n) is 8.74. The molecule has 2 heterocycles. The summed E-state index contributed by atoms with van der Waals surface area (Å²) in [6, 6.07) is 10.3. The number of carbonyl (C=O) groups excluding carboxylic acids is 1. The van der Waals surface area contributed by atoms with E-state index >= 15 is 0 Å². The molecule has 3 aromatic rings. The largest absolute Gasteiger partial charge is 0.450 e. The first-order valence-corrected chi connectivity index (χ1v) is 9.91. The Balaban J connectivity index is 2.00. The summed E-state index contributed by atoms with van der Waals surface area (Å²) in [5.74, 6) is -0.232. The summed E-state index contributed by atoms with van der Waals surface area (Å²) in [5.41, 5.74) is 2.06. The van der Waals surface area contributed by atoms with Gasteiger partial charge in [0.25, 0.3) is 5.91 Å². The Morgan fingerprint density at radius 1 is 1.25 bits per heavy atom. The number of carbonyl (C=O) groups is 1. The van der Waals surface area contributed by atoms with Gasteiger partial charge in [-0.3, -0.25) is 9.59 Å². The summed E-state index contributed by atoms with van der Waals surface area (Å²) >= 11 is 9.70. The number of hydrogen-bond acceptors (Lipinski definition) is 4. The van der Waals surface area contributed by atoms with Crippen molar-refractivity contribution in [1.29, 1.82) is 0 Å². The molecule has 0 saturated heterocycles. The molecule has 1 amide bonds. The van der Waals surface area contributed by atoms with Crippen LogP contribution in [0.15, 0.2) is 50.1 Å². The lowest BCUT2D eigenvalue weighted by molar-refractivity contribution is 0.0663. The highest BCUT2D eigenvalue weighted by Crippen LogP contribution is 2.39. The molecule has 1 aliphatic heterocycles. The first kappa shape index (κ1) is 19.2. The van der Waals surface area contributed by atoms with Crippen molar-refractivity contribution in [3.8, 4) is 0 Å². The summed E-state index contributed by atoms with van der Waals surface area (Å²) < 4.78 is 12.0. The van der Waals surface area contributed by atoms with Crippen LogP contribution in [0, 0.1) is 6.92 Å². The molecule has 4 rings (SSSR count). The monoisotopic (exact) mass is 461 g/mol. The van der Waals surface area contributed by atoms with Crippen LogP contribution in [0.2, 0.25) is 5.02 Å². The number of rotatable bonds is 4. The minimum absolute atomic E-state index is 0.0836. The Morgan fingerprint density at radius 2 is 2.04 bits per heavy atom. The smallest absolute Gasteiger partial charge is 0.290 e. The molecule has 1 atom stereocenters. The maximum absolute atomic E-state index is 13.4. The van der Waals surface area contributed by atoms with Gasteiger partial charge in [-0.15, -0.1) is 0 Å². The lowest BCUT2D eigenvalue weighted by Gasteiger charge is -2.24. The quantitative estimate of drug-likeness (QED) is 0.563. The highest BCUT2D eigenvalue weighted by Gasteiger charge is 2.42. The molecule has 1 aromatic heterocycles. The van der Waals surface area contributed by atoms with Gasteiger partial charge in [-0.2, -0.15) is 0 Å². The second kappa shape index (κ2) is 7.35. The van der Waals surface area contributed by atoms with E-state index in [2.05, 4.69) is 15.9 Å². The fraction of sp³-hybridized carbons (Fsp3) is 0.238. The topological polar surface area (TPSA) is 59.8 Å². The van der Waals surface area contributed by atoms with Crippen molar-refractivity contribution in [2.75, 3.05) is 20.3 Å². The third-order valence-corrected chi connectivity index (χ3v) is 5.85. The van der Waals surface area contributed by atoms with Gasteiger partial charge in [0.2, 0.25) is 5.76 Å². The van der Waals surface area contributed by atoms with Crippen molar-refractivity contribution in [2.45, 2.75) is 13.0 Å². The van der Waals surface area contributed by atoms with Gasteiger partial charge in [0.05, 0.1) is 23.6 Å². The molecule has 0 saturated carbocycles. The van der Waals surface area contributed by atoms with Crippen LogP contribution in [0.1, 0.15) is 33.3 Å². The predicted molar refractivity (Wildman–Crippen MR) is 111 cm³/mol. The summed E-state index contributed by atoms with van der Waals surface area (Å²) in [6.07, 6.45) is 0. The van der Waals surface area contributed by atoms with E-state index in [0.717, 1.165) is 15.6 Å². The molecule has 1 aliphatic rings. The van der Waals surface area contributed by atoms with Crippen LogP contribution in [0.5, 0.6) is 0 Å². The number of aryl methyl sites for hydroxylation is 1. The molecule has 0 spiro atoms. The van der Waals surface area contributed by atoms with Gasteiger partial charge >= 0.3 is 0 Å². The van der Waals surface area contributed by atoms with Crippen molar-refractivity contribution in [2.24, 2.45) is 0 Å². The number of methoxy groups -OCH3 is 1. The van der Waals surface area contributed by atoms with E-state index in [4.69, 9.17) is 20.8 Å². The summed E-state index contributed by atoms with van der Waals surface area (Å²) in [7, 11) is 1.57. The molecule has 0 radical (unpaired) electrons. The average Bonchev–Trinajstić information content (AvgIpc) is 2.94. The third-order valence-electron chi connectivity index (χ3n) is 4.95. The summed E-state index contributed by atoms with van der Waals surface area (Å²) in [6.45, 7) is 2.52. The molecular formula is C21H17BrClNO4. The summed E-state index contributed by atoms with van der Waals surface area (Å²) in [5, 5.41) is 0.857. The van der Waals surface area contributed by atoms with Gasteiger partial charge in [-0.1, -0.05) is 39.7 Å². The molecule has 0 fully saturated rings. The number of ether oxygens (including phenoxy) is 1. The van der Waals surface area contributed by atoms with Crippen LogP contribution >= 0.6 is 27.5 Å². The molecule has 1 unspecified atom stereocenters.